The number of rotatable bonds is 7. The summed E-state index contributed by atoms with van der Waals surface area (Å²) in [5.74, 6) is -1.43. The number of benzene rings is 2. The SMILES string of the molecule is O=C(O)COc1cc(O)c2c(=O)c(-c3ccc(O[C@H]4O[C@@H](CO)[C@H](O)[C@@H](O)[C@@H]4O)cc3)coc2c1. The predicted octanol–water partition coefficient (Wildman–Crippen LogP) is -0.192. The van der Waals surface area contributed by atoms with Gasteiger partial charge in [-0.2, -0.15) is 0 Å². The number of hydrogen-bond acceptors (Lipinski definition) is 11. The molecule has 1 aliphatic heterocycles. The number of aliphatic hydroxyl groups is 4. The Hall–Kier alpha value is -3.68. The third kappa shape index (κ3) is 4.92. The van der Waals surface area contributed by atoms with Crippen molar-refractivity contribution in [1.29, 1.82) is 0 Å². The number of fused-ring (bicyclic) bond motifs is 1. The molecule has 1 aromatic heterocycles. The second kappa shape index (κ2) is 9.90. The highest BCUT2D eigenvalue weighted by atomic mass is 16.7. The number of aromatic hydroxyl groups is 1. The molecule has 186 valence electrons. The van der Waals surface area contributed by atoms with E-state index in [1.54, 1.807) is 0 Å². The van der Waals surface area contributed by atoms with E-state index >= 15 is 0 Å². The first-order valence-electron chi connectivity index (χ1n) is 10.4. The van der Waals surface area contributed by atoms with Crippen LogP contribution in [0.4, 0.5) is 0 Å². The van der Waals surface area contributed by atoms with Gasteiger partial charge >= 0.3 is 5.97 Å². The molecule has 12 nitrogen and oxygen atoms in total. The van der Waals surface area contributed by atoms with E-state index in [9.17, 15) is 35.1 Å². The van der Waals surface area contributed by atoms with Crippen LogP contribution >= 0.6 is 0 Å². The number of carboxylic acid groups (broad SMARTS) is 1. The highest BCUT2D eigenvalue weighted by molar-refractivity contribution is 5.88. The van der Waals surface area contributed by atoms with Crippen LogP contribution < -0.4 is 14.9 Å². The molecule has 0 amide bonds. The monoisotopic (exact) mass is 490 g/mol. The van der Waals surface area contributed by atoms with Crippen molar-refractivity contribution < 1.29 is 54.1 Å². The molecule has 0 bridgehead atoms. The minimum Gasteiger partial charge on any atom is -0.507 e. The van der Waals surface area contributed by atoms with Crippen molar-refractivity contribution in [3.63, 3.8) is 0 Å². The molecule has 6 N–H and O–H groups in total. The fraction of sp³-hybridized carbons (Fsp3) is 0.304. The lowest BCUT2D eigenvalue weighted by molar-refractivity contribution is -0.277. The lowest BCUT2D eigenvalue weighted by Crippen LogP contribution is -2.60. The van der Waals surface area contributed by atoms with Crippen molar-refractivity contribution in [1.82, 2.24) is 0 Å². The fourth-order valence-corrected chi connectivity index (χ4v) is 3.65. The van der Waals surface area contributed by atoms with Crippen molar-refractivity contribution in [2.75, 3.05) is 13.2 Å². The van der Waals surface area contributed by atoms with E-state index in [1.807, 2.05) is 0 Å². The molecule has 0 aliphatic carbocycles. The molecule has 0 radical (unpaired) electrons. The van der Waals surface area contributed by atoms with Crippen LogP contribution in [0.5, 0.6) is 17.2 Å². The summed E-state index contributed by atoms with van der Waals surface area (Å²) in [6, 6.07) is 8.36. The van der Waals surface area contributed by atoms with E-state index in [0.29, 0.717) is 5.56 Å². The van der Waals surface area contributed by atoms with E-state index < -0.39 is 61.1 Å². The van der Waals surface area contributed by atoms with E-state index in [4.69, 9.17) is 23.7 Å². The zero-order chi connectivity index (χ0) is 25.3. The van der Waals surface area contributed by atoms with Crippen LogP contribution in [0.1, 0.15) is 0 Å². The highest BCUT2D eigenvalue weighted by Crippen LogP contribution is 2.31. The Kier molecular flexibility index (Phi) is 6.91. The van der Waals surface area contributed by atoms with E-state index in [2.05, 4.69) is 0 Å². The number of phenolic OH excluding ortho intramolecular Hbond substituents is 1. The molecule has 5 atom stereocenters. The number of aliphatic hydroxyl groups excluding tert-OH is 4. The van der Waals surface area contributed by atoms with Gasteiger partial charge in [-0.05, 0) is 17.7 Å². The first kappa shape index (κ1) is 24.4. The molecule has 1 fully saturated rings. The maximum absolute atomic E-state index is 13.0. The lowest BCUT2D eigenvalue weighted by atomic mass is 9.99. The van der Waals surface area contributed by atoms with Gasteiger partial charge in [-0.3, -0.25) is 4.79 Å². The van der Waals surface area contributed by atoms with Crippen molar-refractivity contribution >= 4 is 16.9 Å². The Balaban J connectivity index is 1.56. The van der Waals surface area contributed by atoms with Gasteiger partial charge in [-0.1, -0.05) is 12.1 Å². The van der Waals surface area contributed by atoms with Crippen molar-refractivity contribution in [3.8, 4) is 28.4 Å². The van der Waals surface area contributed by atoms with Crippen LogP contribution in [0.25, 0.3) is 22.1 Å². The van der Waals surface area contributed by atoms with Crippen LogP contribution in [-0.2, 0) is 9.53 Å². The molecule has 12 heteroatoms. The Bertz CT molecular complexity index is 1270. The Morgan fingerprint density at radius 1 is 1.00 bits per heavy atom. The number of phenols is 1. The van der Waals surface area contributed by atoms with Gasteiger partial charge in [0.25, 0.3) is 0 Å². The molecule has 0 spiro atoms. The summed E-state index contributed by atoms with van der Waals surface area (Å²) in [7, 11) is 0. The maximum Gasteiger partial charge on any atom is 0.341 e. The minimum absolute atomic E-state index is 0.00158. The Morgan fingerprint density at radius 2 is 1.71 bits per heavy atom. The number of carboxylic acids is 1. The van der Waals surface area contributed by atoms with Gasteiger partial charge in [0.1, 0.15) is 58.9 Å². The molecule has 4 rings (SSSR count). The molecule has 35 heavy (non-hydrogen) atoms. The first-order valence-corrected chi connectivity index (χ1v) is 10.4. The zero-order valence-electron chi connectivity index (χ0n) is 18.0. The molecule has 0 saturated carbocycles. The van der Waals surface area contributed by atoms with Gasteiger partial charge in [-0.15, -0.1) is 0 Å². The quantitative estimate of drug-likeness (QED) is 0.256. The van der Waals surface area contributed by atoms with E-state index in [-0.39, 0.29) is 28.0 Å². The third-order valence-corrected chi connectivity index (χ3v) is 5.46. The summed E-state index contributed by atoms with van der Waals surface area (Å²) in [5.41, 5.74) is -0.0170. The average molecular weight is 490 g/mol. The predicted molar refractivity (Wildman–Crippen MR) is 117 cm³/mol. The number of hydrogen-bond donors (Lipinski definition) is 6. The van der Waals surface area contributed by atoms with Crippen molar-refractivity contribution in [3.05, 3.63) is 52.9 Å². The second-order valence-corrected chi connectivity index (χ2v) is 7.82. The third-order valence-electron chi connectivity index (χ3n) is 5.46. The lowest BCUT2D eigenvalue weighted by Gasteiger charge is -2.39. The summed E-state index contributed by atoms with van der Waals surface area (Å²) >= 11 is 0. The van der Waals surface area contributed by atoms with Gasteiger partial charge in [-0.25, -0.2) is 4.79 Å². The molecular weight excluding hydrogens is 468 g/mol. The van der Waals surface area contributed by atoms with Gasteiger partial charge < -0.3 is 49.3 Å². The van der Waals surface area contributed by atoms with Gasteiger partial charge in [0.2, 0.25) is 11.7 Å². The summed E-state index contributed by atoms with van der Waals surface area (Å²) in [6.07, 6.45) is -5.99. The van der Waals surface area contributed by atoms with Crippen LogP contribution in [0.3, 0.4) is 0 Å². The van der Waals surface area contributed by atoms with Crippen molar-refractivity contribution in [2.24, 2.45) is 0 Å². The Morgan fingerprint density at radius 3 is 2.37 bits per heavy atom. The number of carbonyl (C=O) groups is 1. The zero-order valence-corrected chi connectivity index (χ0v) is 18.0. The van der Waals surface area contributed by atoms with Gasteiger partial charge in [0.05, 0.1) is 12.2 Å². The fourth-order valence-electron chi connectivity index (χ4n) is 3.65. The van der Waals surface area contributed by atoms with Gasteiger partial charge in [0.15, 0.2) is 6.61 Å². The van der Waals surface area contributed by atoms with E-state index in [1.165, 1.54) is 36.6 Å². The molecule has 1 saturated heterocycles. The van der Waals surface area contributed by atoms with E-state index in [0.717, 1.165) is 6.07 Å². The maximum atomic E-state index is 13.0. The second-order valence-electron chi connectivity index (χ2n) is 7.82. The number of ether oxygens (including phenoxy) is 3. The molecule has 2 aromatic carbocycles. The van der Waals surface area contributed by atoms with Crippen LogP contribution in [0.15, 0.2) is 51.9 Å². The standard InChI is InChI=1S/C23H22O12/c24-7-16-20(29)21(30)22(31)23(35-16)34-11-3-1-10(2-4-11)13-8-33-15-6-12(32-9-17(26)27)5-14(25)18(15)19(13)28/h1-6,8,16,20-25,29-31H,7,9H2,(H,26,27)/t16-,20-,21+,22-,23-/m0/s1. The summed E-state index contributed by atoms with van der Waals surface area (Å²) in [4.78, 5) is 23.7. The molecule has 1 aliphatic rings. The summed E-state index contributed by atoms with van der Waals surface area (Å²) in [6.45, 7) is -1.23. The van der Waals surface area contributed by atoms with Crippen LogP contribution in [0, 0.1) is 0 Å². The minimum atomic E-state index is -1.59. The molecular formula is C23H22O12. The molecule has 0 unspecified atom stereocenters. The Labute approximate surface area is 196 Å². The average Bonchev–Trinajstić information content (AvgIpc) is 2.83. The largest absolute Gasteiger partial charge is 0.507 e. The molecule has 3 aromatic rings. The highest BCUT2D eigenvalue weighted by Gasteiger charge is 2.44. The van der Waals surface area contributed by atoms with Crippen molar-refractivity contribution in [2.45, 2.75) is 30.7 Å². The topological polar surface area (TPSA) is 196 Å². The normalized spacial score (nSPS) is 24.3. The van der Waals surface area contributed by atoms with Crippen LogP contribution in [-0.4, -0.2) is 80.5 Å². The first-order chi connectivity index (χ1) is 16.7. The van der Waals surface area contributed by atoms with Crippen LogP contribution in [0.2, 0.25) is 0 Å². The van der Waals surface area contributed by atoms with Gasteiger partial charge in [0, 0.05) is 12.1 Å². The summed E-state index contributed by atoms with van der Waals surface area (Å²) < 4.78 is 21.3. The smallest absolute Gasteiger partial charge is 0.341 e. The number of aliphatic carboxylic acids is 1. The molecule has 2 heterocycles. The summed E-state index contributed by atoms with van der Waals surface area (Å²) in [5, 5.41) is 58.0.